The molecular weight excluding hydrogens is 200 g/mol. The molecule has 2 aromatic rings. The molecule has 0 fully saturated rings. The van der Waals surface area contributed by atoms with E-state index in [1.54, 1.807) is 7.11 Å². The van der Waals surface area contributed by atoms with Crippen LogP contribution in [0.4, 0.5) is 0 Å². The van der Waals surface area contributed by atoms with Gasteiger partial charge >= 0.3 is 0 Å². The summed E-state index contributed by atoms with van der Waals surface area (Å²) < 4.78 is 7.20. The van der Waals surface area contributed by atoms with Crippen LogP contribution in [0.2, 0.25) is 0 Å². The minimum atomic E-state index is 0.421. The number of hydrogen-bond acceptors (Lipinski definition) is 2. The molecule has 4 heteroatoms. The van der Waals surface area contributed by atoms with Crippen molar-refractivity contribution in [3.8, 4) is 5.88 Å². The van der Waals surface area contributed by atoms with E-state index >= 15 is 0 Å². The number of pyridine rings is 1. The van der Waals surface area contributed by atoms with Crippen LogP contribution in [0.1, 0.15) is 11.5 Å². The van der Waals surface area contributed by atoms with Crippen LogP contribution in [0, 0.1) is 6.92 Å². The molecule has 0 saturated heterocycles. The fraction of sp³-hybridized carbons (Fsp3) is 0.300. The molecule has 2 heterocycles. The Morgan fingerprint density at radius 2 is 2.29 bits per heavy atom. The van der Waals surface area contributed by atoms with Gasteiger partial charge < -0.3 is 4.74 Å². The summed E-state index contributed by atoms with van der Waals surface area (Å²) in [6, 6.07) is 5.82. The molecule has 0 unspecified atom stereocenters. The maximum Gasteiger partial charge on any atom is 0.199 e. The monoisotopic (exact) mass is 210 g/mol. The van der Waals surface area contributed by atoms with Crippen molar-refractivity contribution in [2.24, 2.45) is 0 Å². The highest BCUT2D eigenvalue weighted by atomic mass is 35.5. The Bertz CT molecular complexity index is 464. The Kier molecular flexibility index (Phi) is 2.33. The normalized spacial score (nSPS) is 10.8. The van der Waals surface area contributed by atoms with E-state index in [0.717, 1.165) is 22.9 Å². The van der Waals surface area contributed by atoms with Crippen molar-refractivity contribution in [3.63, 3.8) is 0 Å². The van der Waals surface area contributed by atoms with Crippen molar-refractivity contribution >= 4 is 17.1 Å². The lowest BCUT2D eigenvalue weighted by molar-refractivity contribution is 0.391. The second-order valence-corrected chi connectivity index (χ2v) is 3.30. The Balaban J connectivity index is 2.81. The van der Waals surface area contributed by atoms with Gasteiger partial charge in [-0.15, -0.1) is 11.6 Å². The highest BCUT2D eigenvalue weighted by Crippen LogP contribution is 2.21. The van der Waals surface area contributed by atoms with Crippen molar-refractivity contribution in [2.75, 3.05) is 7.11 Å². The average Bonchev–Trinajstić information content (AvgIpc) is 2.55. The zero-order valence-corrected chi connectivity index (χ0v) is 8.88. The standard InChI is InChI=1S/C10H11ClN2O/c1-7-12-8(6-11)9-4-3-5-10(14-2)13(7)9/h3-5H,6H2,1-2H3. The Hall–Kier alpha value is -1.22. The van der Waals surface area contributed by atoms with E-state index < -0.39 is 0 Å². The highest BCUT2D eigenvalue weighted by Gasteiger charge is 2.09. The molecule has 0 spiro atoms. The molecule has 0 aliphatic heterocycles. The van der Waals surface area contributed by atoms with Crippen LogP contribution in [-0.2, 0) is 5.88 Å². The molecule has 0 N–H and O–H groups in total. The van der Waals surface area contributed by atoms with Gasteiger partial charge in [-0.3, -0.25) is 4.40 Å². The lowest BCUT2D eigenvalue weighted by atomic mass is 10.3. The van der Waals surface area contributed by atoms with Gasteiger partial charge in [-0.25, -0.2) is 4.98 Å². The van der Waals surface area contributed by atoms with Crippen LogP contribution in [0.3, 0.4) is 0 Å². The van der Waals surface area contributed by atoms with E-state index in [2.05, 4.69) is 4.98 Å². The van der Waals surface area contributed by atoms with Crippen molar-refractivity contribution in [1.29, 1.82) is 0 Å². The third-order valence-electron chi connectivity index (χ3n) is 2.21. The first kappa shape index (κ1) is 9.34. The number of nitrogens with zero attached hydrogens (tertiary/aromatic N) is 2. The molecule has 14 heavy (non-hydrogen) atoms. The first-order valence-corrected chi connectivity index (χ1v) is 4.88. The highest BCUT2D eigenvalue weighted by molar-refractivity contribution is 6.17. The van der Waals surface area contributed by atoms with E-state index in [-0.39, 0.29) is 0 Å². The maximum absolute atomic E-state index is 5.80. The average molecular weight is 211 g/mol. The second kappa shape index (κ2) is 3.50. The van der Waals surface area contributed by atoms with Crippen LogP contribution in [0.15, 0.2) is 18.2 Å². The predicted molar refractivity (Wildman–Crippen MR) is 56.0 cm³/mol. The zero-order chi connectivity index (χ0) is 10.1. The molecule has 0 atom stereocenters. The lowest BCUT2D eigenvalue weighted by Crippen LogP contribution is -1.95. The summed E-state index contributed by atoms with van der Waals surface area (Å²) in [4.78, 5) is 4.37. The number of rotatable bonds is 2. The van der Waals surface area contributed by atoms with Crippen molar-refractivity contribution in [2.45, 2.75) is 12.8 Å². The summed E-state index contributed by atoms with van der Waals surface area (Å²) in [5, 5.41) is 0. The molecule has 2 aromatic heterocycles. The molecule has 2 rings (SSSR count). The van der Waals surface area contributed by atoms with Gasteiger partial charge in [0.1, 0.15) is 5.82 Å². The number of imidazole rings is 1. The van der Waals surface area contributed by atoms with Gasteiger partial charge in [0.15, 0.2) is 5.88 Å². The lowest BCUT2D eigenvalue weighted by Gasteiger charge is -2.04. The van der Waals surface area contributed by atoms with E-state index in [0.29, 0.717) is 5.88 Å². The van der Waals surface area contributed by atoms with Crippen LogP contribution in [-0.4, -0.2) is 16.5 Å². The molecule has 0 aliphatic rings. The number of alkyl halides is 1. The van der Waals surface area contributed by atoms with E-state index in [1.807, 2.05) is 29.5 Å². The molecule has 0 saturated carbocycles. The van der Waals surface area contributed by atoms with Gasteiger partial charge in [-0.2, -0.15) is 0 Å². The van der Waals surface area contributed by atoms with Gasteiger partial charge in [0.2, 0.25) is 0 Å². The summed E-state index contributed by atoms with van der Waals surface area (Å²) in [5.41, 5.74) is 1.90. The second-order valence-electron chi connectivity index (χ2n) is 3.03. The molecule has 74 valence electrons. The largest absolute Gasteiger partial charge is 0.482 e. The fourth-order valence-corrected chi connectivity index (χ4v) is 1.81. The first-order valence-electron chi connectivity index (χ1n) is 4.35. The van der Waals surface area contributed by atoms with Crippen LogP contribution in [0.5, 0.6) is 5.88 Å². The summed E-state index contributed by atoms with van der Waals surface area (Å²) in [6.07, 6.45) is 0. The van der Waals surface area contributed by atoms with Gasteiger partial charge in [-0.05, 0) is 19.1 Å². The zero-order valence-electron chi connectivity index (χ0n) is 8.12. The molecule has 3 nitrogen and oxygen atoms in total. The molecule has 0 aromatic carbocycles. The number of aryl methyl sites for hydroxylation is 1. The van der Waals surface area contributed by atoms with E-state index in [4.69, 9.17) is 16.3 Å². The Morgan fingerprint density at radius 3 is 2.93 bits per heavy atom. The number of fused-ring (bicyclic) bond motifs is 1. The summed E-state index contributed by atoms with van der Waals surface area (Å²) in [7, 11) is 1.65. The van der Waals surface area contributed by atoms with Crippen molar-refractivity contribution < 1.29 is 4.74 Å². The summed E-state index contributed by atoms with van der Waals surface area (Å²) in [6.45, 7) is 1.94. The minimum absolute atomic E-state index is 0.421. The predicted octanol–water partition coefficient (Wildman–Crippen LogP) is 2.39. The molecule has 0 radical (unpaired) electrons. The molecule has 0 bridgehead atoms. The summed E-state index contributed by atoms with van der Waals surface area (Å²) in [5.74, 6) is 2.10. The van der Waals surface area contributed by atoms with Gasteiger partial charge in [0.25, 0.3) is 0 Å². The first-order chi connectivity index (χ1) is 6.77. The Labute approximate surface area is 87.3 Å². The van der Waals surface area contributed by atoms with E-state index in [9.17, 15) is 0 Å². The fourth-order valence-electron chi connectivity index (χ4n) is 1.61. The third-order valence-corrected chi connectivity index (χ3v) is 2.46. The van der Waals surface area contributed by atoms with Crippen LogP contribution in [0.25, 0.3) is 5.52 Å². The van der Waals surface area contributed by atoms with Gasteiger partial charge in [-0.1, -0.05) is 6.07 Å². The number of ether oxygens (including phenoxy) is 1. The number of methoxy groups -OCH3 is 1. The minimum Gasteiger partial charge on any atom is -0.482 e. The number of halogens is 1. The third kappa shape index (κ3) is 1.24. The Morgan fingerprint density at radius 1 is 1.50 bits per heavy atom. The van der Waals surface area contributed by atoms with Crippen molar-refractivity contribution in [1.82, 2.24) is 9.38 Å². The van der Waals surface area contributed by atoms with Crippen molar-refractivity contribution in [3.05, 3.63) is 29.7 Å². The quantitative estimate of drug-likeness (QED) is 0.712. The topological polar surface area (TPSA) is 26.5 Å². The van der Waals surface area contributed by atoms with Crippen LogP contribution >= 0.6 is 11.6 Å². The van der Waals surface area contributed by atoms with Gasteiger partial charge in [0.05, 0.1) is 24.2 Å². The number of aromatic nitrogens is 2. The van der Waals surface area contributed by atoms with E-state index in [1.165, 1.54) is 0 Å². The van der Waals surface area contributed by atoms with Crippen LogP contribution < -0.4 is 4.74 Å². The smallest absolute Gasteiger partial charge is 0.199 e. The molecular formula is C10H11ClN2O. The van der Waals surface area contributed by atoms with Gasteiger partial charge in [0, 0.05) is 0 Å². The summed E-state index contributed by atoms with van der Waals surface area (Å²) >= 11 is 5.80. The SMILES string of the molecule is COc1cccc2c(CCl)nc(C)n12. The number of hydrogen-bond donors (Lipinski definition) is 0. The molecule has 0 amide bonds. The maximum atomic E-state index is 5.80. The molecule has 0 aliphatic carbocycles.